The van der Waals surface area contributed by atoms with Crippen LogP contribution >= 0.6 is 45.8 Å². The second kappa shape index (κ2) is 12.3. The molecule has 4 aromatic carbocycles. The lowest BCUT2D eigenvalue weighted by molar-refractivity contribution is -0.138. The number of methoxy groups -OCH3 is 1. The Bertz CT molecular complexity index is 1810. The quantitative estimate of drug-likeness (QED) is 0.159. The summed E-state index contributed by atoms with van der Waals surface area (Å²) < 4.78 is 23.7. The van der Waals surface area contributed by atoms with Gasteiger partial charge in [0.1, 0.15) is 17.5 Å². The largest absolute Gasteiger partial charge is 0.497 e. The van der Waals surface area contributed by atoms with Crippen LogP contribution in [-0.2, 0) is 4.79 Å². The van der Waals surface area contributed by atoms with Gasteiger partial charge in [-0.3, -0.25) is 9.59 Å². The molecule has 42 heavy (non-hydrogen) atoms. The SMILES string of the molecule is COc1ccc2cc(-c3c(I)c(-c4cc(Cl)cc(Cl)c4)nn3C(F)c3ccc(C(=O)NC(C)C(=O)O)cc3)ccc2c1. The highest BCUT2D eigenvalue weighted by molar-refractivity contribution is 14.1. The van der Waals surface area contributed by atoms with Crippen LogP contribution in [0.2, 0.25) is 10.0 Å². The van der Waals surface area contributed by atoms with E-state index < -0.39 is 24.2 Å². The zero-order valence-electron chi connectivity index (χ0n) is 22.2. The topological polar surface area (TPSA) is 93.5 Å². The minimum absolute atomic E-state index is 0.202. The molecular formula is C31H23Cl2FIN3O4. The maximum Gasteiger partial charge on any atom is 0.325 e. The van der Waals surface area contributed by atoms with Crippen molar-refractivity contribution in [3.63, 3.8) is 0 Å². The van der Waals surface area contributed by atoms with Crippen molar-refractivity contribution < 1.29 is 23.8 Å². The number of carbonyl (C=O) groups is 2. The molecule has 0 aliphatic carbocycles. The van der Waals surface area contributed by atoms with Gasteiger partial charge in [-0.2, -0.15) is 5.10 Å². The highest BCUT2D eigenvalue weighted by Gasteiger charge is 2.26. The molecule has 1 amide bonds. The summed E-state index contributed by atoms with van der Waals surface area (Å²) in [4.78, 5) is 23.5. The molecule has 0 aliphatic rings. The molecule has 0 spiro atoms. The molecule has 7 nitrogen and oxygen atoms in total. The van der Waals surface area contributed by atoms with Crippen LogP contribution in [0.25, 0.3) is 33.3 Å². The molecule has 2 unspecified atom stereocenters. The molecule has 5 rings (SSSR count). The van der Waals surface area contributed by atoms with E-state index in [0.717, 1.165) is 22.1 Å². The van der Waals surface area contributed by atoms with E-state index in [-0.39, 0.29) is 11.1 Å². The first kappa shape index (κ1) is 29.8. The average molecular weight is 718 g/mol. The number of carboxylic acids is 1. The van der Waals surface area contributed by atoms with Gasteiger partial charge in [-0.25, -0.2) is 9.07 Å². The van der Waals surface area contributed by atoms with Gasteiger partial charge in [0, 0.05) is 32.3 Å². The molecule has 0 fully saturated rings. The summed E-state index contributed by atoms with van der Waals surface area (Å²) in [6.45, 7) is 1.36. The van der Waals surface area contributed by atoms with Gasteiger partial charge >= 0.3 is 5.97 Å². The number of benzene rings is 4. The molecule has 214 valence electrons. The van der Waals surface area contributed by atoms with Gasteiger partial charge < -0.3 is 15.2 Å². The predicted molar refractivity (Wildman–Crippen MR) is 170 cm³/mol. The third-order valence-corrected chi connectivity index (χ3v) is 8.15. The maximum absolute atomic E-state index is 16.4. The van der Waals surface area contributed by atoms with Gasteiger partial charge in [0.2, 0.25) is 6.30 Å². The number of carboxylic acid groups (broad SMARTS) is 1. The number of nitrogens with one attached hydrogen (secondary N) is 1. The molecule has 1 heterocycles. The minimum atomic E-state index is -1.72. The summed E-state index contributed by atoms with van der Waals surface area (Å²) in [5.74, 6) is -1.00. The first-order valence-electron chi connectivity index (χ1n) is 12.7. The summed E-state index contributed by atoms with van der Waals surface area (Å²) in [6.07, 6.45) is -1.72. The summed E-state index contributed by atoms with van der Waals surface area (Å²) >= 11 is 14.7. The van der Waals surface area contributed by atoms with E-state index in [2.05, 4.69) is 27.9 Å². The zero-order chi connectivity index (χ0) is 30.1. The molecule has 0 saturated heterocycles. The van der Waals surface area contributed by atoms with Gasteiger partial charge in [-0.05, 0) is 88.8 Å². The Balaban J connectivity index is 1.60. The van der Waals surface area contributed by atoms with Gasteiger partial charge in [0.05, 0.1) is 16.4 Å². The van der Waals surface area contributed by atoms with E-state index in [1.54, 1.807) is 25.3 Å². The highest BCUT2D eigenvalue weighted by atomic mass is 127. The number of nitrogens with zero attached hydrogens (tertiary/aromatic N) is 2. The first-order valence-corrected chi connectivity index (χ1v) is 14.5. The van der Waals surface area contributed by atoms with Gasteiger partial charge in [0.25, 0.3) is 5.91 Å². The number of amides is 1. The van der Waals surface area contributed by atoms with Crippen molar-refractivity contribution in [1.82, 2.24) is 15.1 Å². The second-order valence-electron chi connectivity index (χ2n) is 9.53. The Morgan fingerprint density at radius 2 is 1.60 bits per heavy atom. The molecule has 1 aromatic heterocycles. The predicted octanol–water partition coefficient (Wildman–Crippen LogP) is 8.01. The van der Waals surface area contributed by atoms with Crippen LogP contribution in [-0.4, -0.2) is 39.9 Å². The number of rotatable bonds is 8. The molecule has 0 saturated carbocycles. The van der Waals surface area contributed by atoms with Crippen molar-refractivity contribution >= 4 is 68.4 Å². The van der Waals surface area contributed by atoms with Gasteiger partial charge in [-0.15, -0.1) is 0 Å². The summed E-state index contributed by atoms with van der Waals surface area (Å²) in [7, 11) is 1.61. The molecule has 2 atom stereocenters. The van der Waals surface area contributed by atoms with Gasteiger partial charge in [0.15, 0.2) is 0 Å². The fraction of sp³-hybridized carbons (Fsp3) is 0.129. The fourth-order valence-corrected chi connectivity index (χ4v) is 5.99. The van der Waals surface area contributed by atoms with E-state index in [1.807, 2.05) is 36.4 Å². The van der Waals surface area contributed by atoms with E-state index in [0.29, 0.717) is 30.6 Å². The van der Waals surface area contributed by atoms with Crippen LogP contribution in [0.5, 0.6) is 5.75 Å². The monoisotopic (exact) mass is 717 g/mol. The lowest BCUT2D eigenvalue weighted by Gasteiger charge is -2.15. The van der Waals surface area contributed by atoms with Gasteiger partial charge in [-0.1, -0.05) is 53.5 Å². The molecule has 2 N–H and O–H groups in total. The lowest BCUT2D eigenvalue weighted by Crippen LogP contribution is -2.38. The molecule has 5 aromatic rings. The molecule has 0 radical (unpaired) electrons. The molecule has 0 aliphatic heterocycles. The summed E-state index contributed by atoms with van der Waals surface area (Å²) in [6, 6.07) is 21.4. The Morgan fingerprint density at radius 1 is 0.952 bits per heavy atom. The average Bonchev–Trinajstić information content (AvgIpc) is 3.32. The third-order valence-electron chi connectivity index (χ3n) is 6.69. The molecule has 0 bridgehead atoms. The second-order valence-corrected chi connectivity index (χ2v) is 11.5. The fourth-order valence-electron chi connectivity index (χ4n) is 4.49. The molecule has 11 heteroatoms. The summed E-state index contributed by atoms with van der Waals surface area (Å²) in [5, 5.41) is 18.9. The number of ether oxygens (including phenoxy) is 1. The lowest BCUT2D eigenvalue weighted by atomic mass is 10.0. The van der Waals surface area contributed by atoms with E-state index >= 15 is 4.39 Å². The number of aromatic nitrogens is 2. The zero-order valence-corrected chi connectivity index (χ0v) is 25.9. The highest BCUT2D eigenvalue weighted by Crippen LogP contribution is 2.39. The number of hydrogen-bond donors (Lipinski definition) is 2. The smallest absolute Gasteiger partial charge is 0.325 e. The van der Waals surface area contributed by atoms with E-state index in [9.17, 15) is 9.59 Å². The van der Waals surface area contributed by atoms with Crippen LogP contribution in [0.15, 0.2) is 78.9 Å². The number of fused-ring (bicyclic) bond motifs is 1. The van der Waals surface area contributed by atoms with E-state index in [4.69, 9.17) is 38.1 Å². The Labute approximate surface area is 264 Å². The van der Waals surface area contributed by atoms with Crippen molar-refractivity contribution in [2.24, 2.45) is 0 Å². The Kier molecular flexibility index (Phi) is 8.72. The number of hydrogen-bond acceptors (Lipinski definition) is 4. The Hall–Kier alpha value is -3.67. The molecular weight excluding hydrogens is 695 g/mol. The first-order chi connectivity index (χ1) is 20.0. The standard InChI is InChI=1S/C31H23Cl2FIN3O4/c1-16(31(40)41)36-30(39)18-5-3-17(4-6-18)29(34)38-28(21-8-7-20-14-25(42-2)10-9-19(20)11-21)26(35)27(37-38)22-12-23(32)15-24(33)13-22/h3-16,29H,1-2H3,(H,36,39)(H,40,41). The number of halogens is 4. The summed E-state index contributed by atoms with van der Waals surface area (Å²) in [5.41, 5.74) is 2.88. The number of aliphatic carboxylic acids is 1. The third kappa shape index (κ3) is 6.08. The van der Waals surface area contributed by atoms with Crippen molar-refractivity contribution in [2.75, 3.05) is 7.11 Å². The van der Waals surface area contributed by atoms with Crippen LogP contribution in [0.1, 0.15) is 29.1 Å². The maximum atomic E-state index is 16.4. The number of alkyl halides is 1. The van der Waals surface area contributed by atoms with Crippen LogP contribution in [0.3, 0.4) is 0 Å². The van der Waals surface area contributed by atoms with Crippen LogP contribution in [0, 0.1) is 3.57 Å². The minimum Gasteiger partial charge on any atom is -0.497 e. The Morgan fingerprint density at radius 3 is 2.24 bits per heavy atom. The van der Waals surface area contributed by atoms with Crippen LogP contribution < -0.4 is 10.1 Å². The number of carbonyl (C=O) groups excluding carboxylic acids is 1. The van der Waals surface area contributed by atoms with Crippen molar-refractivity contribution in [3.05, 3.63) is 104 Å². The van der Waals surface area contributed by atoms with Crippen molar-refractivity contribution in [1.29, 1.82) is 0 Å². The van der Waals surface area contributed by atoms with E-state index in [1.165, 1.54) is 35.9 Å². The van der Waals surface area contributed by atoms with Crippen molar-refractivity contribution in [3.8, 4) is 28.3 Å². The van der Waals surface area contributed by atoms with Crippen LogP contribution in [0.4, 0.5) is 4.39 Å². The van der Waals surface area contributed by atoms with Crippen molar-refractivity contribution in [2.45, 2.75) is 19.3 Å². The normalized spacial score (nSPS) is 12.6.